The first-order valence-electron chi connectivity index (χ1n) is 6.84. The molecule has 1 N–H and O–H groups in total. The van der Waals surface area contributed by atoms with Crippen LogP contribution in [0.5, 0.6) is 5.75 Å². The van der Waals surface area contributed by atoms with Gasteiger partial charge in [0.05, 0.1) is 30.3 Å². The summed E-state index contributed by atoms with van der Waals surface area (Å²) < 4.78 is 5.09. The van der Waals surface area contributed by atoms with E-state index in [-0.39, 0.29) is 17.3 Å². The Morgan fingerprint density at radius 3 is 2.90 bits per heavy atom. The number of benzene rings is 1. The van der Waals surface area contributed by atoms with Gasteiger partial charge in [-0.25, -0.2) is 0 Å². The molecule has 1 fully saturated rings. The van der Waals surface area contributed by atoms with Crippen molar-refractivity contribution >= 4 is 17.3 Å². The van der Waals surface area contributed by atoms with Gasteiger partial charge in [-0.3, -0.25) is 19.8 Å². The van der Waals surface area contributed by atoms with E-state index in [1.165, 1.54) is 25.3 Å². The van der Waals surface area contributed by atoms with Crippen molar-refractivity contribution in [3.8, 4) is 5.75 Å². The van der Waals surface area contributed by atoms with Gasteiger partial charge in [-0.05, 0) is 24.9 Å². The van der Waals surface area contributed by atoms with Crippen LogP contribution in [0.4, 0.5) is 11.4 Å². The number of nitrogens with one attached hydrogen (secondary N) is 1. The zero-order chi connectivity index (χ0) is 15.4. The predicted octanol–water partition coefficient (Wildman–Crippen LogP) is 1.88. The Morgan fingerprint density at radius 1 is 1.57 bits per heavy atom. The Kier molecular flexibility index (Phi) is 4.74. The van der Waals surface area contributed by atoms with Crippen LogP contribution in [0.1, 0.15) is 13.3 Å². The Balaban J connectivity index is 2.01. The molecule has 7 heteroatoms. The number of amides is 1. The highest BCUT2D eigenvalue weighted by Gasteiger charge is 2.21. The number of hydrogen-bond donors (Lipinski definition) is 1. The number of carbonyl (C=O) groups is 1. The highest BCUT2D eigenvalue weighted by molar-refractivity contribution is 5.93. The van der Waals surface area contributed by atoms with E-state index >= 15 is 0 Å². The van der Waals surface area contributed by atoms with Crippen LogP contribution < -0.4 is 10.1 Å². The highest BCUT2D eigenvalue weighted by atomic mass is 16.6. The van der Waals surface area contributed by atoms with Crippen LogP contribution in [0.15, 0.2) is 18.2 Å². The number of methoxy groups -OCH3 is 1. The standard InChI is InChI=1S/C14H19N3O4/c1-10-5-6-16(8-10)9-14(18)15-12-4-3-11(17(19)20)7-13(12)21-2/h3-4,7,10H,5-6,8-9H2,1-2H3,(H,15,18). The van der Waals surface area contributed by atoms with Gasteiger partial charge in [0, 0.05) is 12.6 Å². The molecule has 1 atom stereocenters. The summed E-state index contributed by atoms with van der Waals surface area (Å²) in [6.07, 6.45) is 1.11. The van der Waals surface area contributed by atoms with Crippen molar-refractivity contribution in [1.29, 1.82) is 0 Å². The summed E-state index contributed by atoms with van der Waals surface area (Å²) in [6.45, 7) is 4.33. The molecule has 1 aliphatic heterocycles. The van der Waals surface area contributed by atoms with E-state index in [0.29, 0.717) is 18.2 Å². The second-order valence-electron chi connectivity index (χ2n) is 5.32. The SMILES string of the molecule is COc1cc([N+](=O)[O-])ccc1NC(=O)CN1CCC(C)C1. The Hall–Kier alpha value is -2.15. The van der Waals surface area contributed by atoms with Crippen molar-refractivity contribution in [2.24, 2.45) is 5.92 Å². The molecule has 1 aromatic rings. The summed E-state index contributed by atoms with van der Waals surface area (Å²) in [5.74, 6) is 0.760. The first kappa shape index (κ1) is 15.2. The number of non-ortho nitro benzene ring substituents is 1. The van der Waals surface area contributed by atoms with E-state index in [2.05, 4.69) is 17.1 Å². The second kappa shape index (κ2) is 6.53. The molecule has 1 aromatic carbocycles. The summed E-state index contributed by atoms with van der Waals surface area (Å²) >= 11 is 0. The number of likely N-dealkylation sites (tertiary alicyclic amines) is 1. The van der Waals surface area contributed by atoms with Crippen molar-refractivity contribution in [3.05, 3.63) is 28.3 Å². The number of carbonyl (C=O) groups excluding carboxylic acids is 1. The zero-order valence-corrected chi connectivity index (χ0v) is 12.2. The number of anilines is 1. The molecule has 21 heavy (non-hydrogen) atoms. The van der Waals surface area contributed by atoms with Gasteiger partial charge in [-0.2, -0.15) is 0 Å². The van der Waals surface area contributed by atoms with Crippen molar-refractivity contribution < 1.29 is 14.5 Å². The van der Waals surface area contributed by atoms with E-state index in [4.69, 9.17) is 4.74 Å². The molecule has 0 bridgehead atoms. The monoisotopic (exact) mass is 293 g/mol. The summed E-state index contributed by atoms with van der Waals surface area (Å²) in [5.41, 5.74) is 0.374. The molecule has 1 aliphatic rings. The van der Waals surface area contributed by atoms with E-state index in [1.54, 1.807) is 0 Å². The number of nitro benzene ring substituents is 1. The lowest BCUT2D eigenvalue weighted by atomic mass is 10.2. The molecule has 0 saturated carbocycles. The highest BCUT2D eigenvalue weighted by Crippen LogP contribution is 2.29. The maximum atomic E-state index is 12.0. The number of hydrogen-bond acceptors (Lipinski definition) is 5. The quantitative estimate of drug-likeness (QED) is 0.662. The van der Waals surface area contributed by atoms with Crippen molar-refractivity contribution in [2.75, 3.05) is 32.1 Å². The van der Waals surface area contributed by atoms with Crippen molar-refractivity contribution in [3.63, 3.8) is 0 Å². The fourth-order valence-electron chi connectivity index (χ4n) is 2.46. The summed E-state index contributed by atoms with van der Waals surface area (Å²) in [4.78, 5) is 24.3. The molecular formula is C14H19N3O4. The maximum absolute atomic E-state index is 12.0. The number of rotatable bonds is 5. The number of ether oxygens (including phenoxy) is 1. The first-order valence-corrected chi connectivity index (χ1v) is 6.84. The molecule has 2 rings (SSSR count). The third-order valence-electron chi connectivity index (χ3n) is 3.55. The lowest BCUT2D eigenvalue weighted by Crippen LogP contribution is -2.31. The van der Waals surface area contributed by atoms with Gasteiger partial charge >= 0.3 is 0 Å². The topological polar surface area (TPSA) is 84.7 Å². The number of nitro groups is 1. The van der Waals surface area contributed by atoms with Crippen LogP contribution in [-0.4, -0.2) is 42.5 Å². The minimum atomic E-state index is -0.500. The summed E-state index contributed by atoms with van der Waals surface area (Å²) in [5, 5.41) is 13.5. The van der Waals surface area contributed by atoms with Crippen LogP contribution in [0.25, 0.3) is 0 Å². The molecular weight excluding hydrogens is 274 g/mol. The van der Waals surface area contributed by atoms with Crippen molar-refractivity contribution in [2.45, 2.75) is 13.3 Å². The molecule has 0 aromatic heterocycles. The average molecular weight is 293 g/mol. The molecule has 1 saturated heterocycles. The minimum Gasteiger partial charge on any atom is -0.494 e. The van der Waals surface area contributed by atoms with Crippen LogP contribution in [0.2, 0.25) is 0 Å². The normalized spacial score (nSPS) is 18.5. The predicted molar refractivity (Wildman–Crippen MR) is 78.5 cm³/mol. The largest absolute Gasteiger partial charge is 0.494 e. The minimum absolute atomic E-state index is 0.0711. The van der Waals surface area contributed by atoms with Crippen LogP contribution >= 0.6 is 0 Å². The molecule has 114 valence electrons. The van der Waals surface area contributed by atoms with Gasteiger partial charge in [-0.15, -0.1) is 0 Å². The van der Waals surface area contributed by atoms with E-state index in [9.17, 15) is 14.9 Å². The maximum Gasteiger partial charge on any atom is 0.273 e. The summed E-state index contributed by atoms with van der Waals surface area (Å²) in [7, 11) is 1.41. The van der Waals surface area contributed by atoms with E-state index < -0.39 is 4.92 Å². The molecule has 0 aliphatic carbocycles. The Labute approximate surface area is 123 Å². The van der Waals surface area contributed by atoms with E-state index in [1.807, 2.05) is 0 Å². The van der Waals surface area contributed by atoms with Gasteiger partial charge in [-0.1, -0.05) is 6.92 Å². The summed E-state index contributed by atoms with van der Waals surface area (Å²) in [6, 6.07) is 4.13. The second-order valence-corrected chi connectivity index (χ2v) is 5.32. The van der Waals surface area contributed by atoms with Crippen LogP contribution in [0, 0.1) is 16.0 Å². The lowest BCUT2D eigenvalue weighted by Gasteiger charge is -2.15. The lowest BCUT2D eigenvalue weighted by molar-refractivity contribution is -0.384. The van der Waals surface area contributed by atoms with Gasteiger partial charge in [0.25, 0.3) is 5.69 Å². The third-order valence-corrected chi connectivity index (χ3v) is 3.55. The zero-order valence-electron chi connectivity index (χ0n) is 12.2. The molecule has 7 nitrogen and oxygen atoms in total. The van der Waals surface area contributed by atoms with Gasteiger partial charge < -0.3 is 10.1 Å². The smallest absolute Gasteiger partial charge is 0.273 e. The van der Waals surface area contributed by atoms with Gasteiger partial charge in [0.2, 0.25) is 5.91 Å². The molecule has 0 radical (unpaired) electrons. The average Bonchev–Trinajstić information content (AvgIpc) is 2.84. The van der Waals surface area contributed by atoms with Crippen molar-refractivity contribution in [1.82, 2.24) is 4.90 Å². The Morgan fingerprint density at radius 2 is 2.33 bits per heavy atom. The molecule has 0 spiro atoms. The fourth-order valence-corrected chi connectivity index (χ4v) is 2.46. The number of nitrogens with zero attached hydrogens (tertiary/aromatic N) is 2. The molecule has 1 heterocycles. The molecule has 1 amide bonds. The van der Waals surface area contributed by atoms with E-state index in [0.717, 1.165) is 19.5 Å². The molecule has 1 unspecified atom stereocenters. The van der Waals surface area contributed by atoms with Gasteiger partial charge in [0.1, 0.15) is 5.75 Å². The van der Waals surface area contributed by atoms with Crippen LogP contribution in [0.3, 0.4) is 0 Å². The first-order chi connectivity index (χ1) is 9.99. The fraction of sp³-hybridized carbons (Fsp3) is 0.500. The van der Waals surface area contributed by atoms with Gasteiger partial charge in [0.15, 0.2) is 0 Å². The third kappa shape index (κ3) is 3.91. The van der Waals surface area contributed by atoms with Crippen LogP contribution in [-0.2, 0) is 4.79 Å². The Bertz CT molecular complexity index is 547.